The zero-order valence-corrected chi connectivity index (χ0v) is 46.9. The Balaban J connectivity index is 0.000000278. The minimum absolute atomic E-state index is 0.0158. The van der Waals surface area contributed by atoms with E-state index >= 15 is 0 Å². The first kappa shape index (κ1) is 65.3. The highest BCUT2D eigenvalue weighted by Gasteiger charge is 2.49. The lowest BCUT2D eigenvalue weighted by atomic mass is 9.73. The first-order valence-electron chi connectivity index (χ1n) is 27.9. The van der Waals surface area contributed by atoms with Gasteiger partial charge in [0.2, 0.25) is 0 Å². The van der Waals surface area contributed by atoms with E-state index in [1.165, 1.54) is 20.5 Å². The lowest BCUT2D eigenvalue weighted by Gasteiger charge is -2.36. The smallest absolute Gasteiger partial charge is 0.344 e. The molecule has 3 N–H and O–H groups in total. The molecule has 0 saturated heterocycles. The molecule has 6 rings (SSSR count). The van der Waals surface area contributed by atoms with E-state index in [-0.39, 0.29) is 43.5 Å². The minimum atomic E-state index is -1.58. The van der Waals surface area contributed by atoms with Gasteiger partial charge in [-0.25, -0.2) is 14.4 Å². The molecule has 0 bridgehead atoms. The van der Waals surface area contributed by atoms with E-state index in [0.717, 1.165) is 123 Å². The maximum Gasteiger partial charge on any atom is 0.344 e. The minimum Gasteiger partial charge on any atom is -0.467 e. The summed E-state index contributed by atoms with van der Waals surface area (Å²) < 4.78 is 19.9. The van der Waals surface area contributed by atoms with Crippen molar-refractivity contribution in [3.05, 3.63) is 108 Å². The Kier molecular flexibility index (Phi) is 30.7. The first-order valence-corrected chi connectivity index (χ1v) is 27.9. The number of aliphatic hydroxyl groups is 3. The Morgan fingerprint density at radius 1 is 0.481 bits per heavy atom. The van der Waals surface area contributed by atoms with Crippen LogP contribution in [0.25, 0.3) is 0 Å². The van der Waals surface area contributed by atoms with Gasteiger partial charge in [-0.2, -0.15) is 0 Å². The highest BCUT2D eigenvalue weighted by Crippen LogP contribution is 2.43. The normalized spacial score (nSPS) is 17.0. The summed E-state index contributed by atoms with van der Waals surface area (Å²) in [5, 5.41) is 33.3. The van der Waals surface area contributed by atoms with E-state index in [0.29, 0.717) is 23.2 Å². The number of ether oxygens (including phenoxy) is 4. The van der Waals surface area contributed by atoms with Crippen LogP contribution >= 0.6 is 0 Å². The fourth-order valence-electron chi connectivity index (χ4n) is 10.3. The molecular formula is C64H88N2O11. The largest absolute Gasteiger partial charge is 0.467 e. The summed E-state index contributed by atoms with van der Waals surface area (Å²) in [5.41, 5.74) is -2.80. The number of hydrogen-bond donors (Lipinski definition) is 3. The quantitative estimate of drug-likeness (QED) is 0.0626. The first-order chi connectivity index (χ1) is 37.2. The van der Waals surface area contributed by atoms with Crippen LogP contribution in [0.15, 0.2) is 91.0 Å². The molecule has 0 heterocycles. The van der Waals surface area contributed by atoms with Gasteiger partial charge < -0.3 is 34.3 Å². The number of terminal acetylenes is 1. The second-order valence-corrected chi connectivity index (χ2v) is 19.7. The Morgan fingerprint density at radius 3 is 1.06 bits per heavy atom. The molecule has 13 heteroatoms. The highest BCUT2D eigenvalue weighted by molar-refractivity contribution is 5.83. The molecule has 3 unspecified atom stereocenters. The lowest BCUT2D eigenvalue weighted by molar-refractivity contribution is -0.174. The van der Waals surface area contributed by atoms with Gasteiger partial charge in [0.1, 0.15) is 0 Å². The zero-order valence-electron chi connectivity index (χ0n) is 46.9. The van der Waals surface area contributed by atoms with Crippen molar-refractivity contribution in [2.24, 2.45) is 17.8 Å². The topological polar surface area (TPSA) is 172 Å². The summed E-state index contributed by atoms with van der Waals surface area (Å²) in [4.78, 5) is 52.0. The predicted molar refractivity (Wildman–Crippen MR) is 301 cm³/mol. The van der Waals surface area contributed by atoms with Crippen molar-refractivity contribution in [3.63, 3.8) is 0 Å². The Hall–Kier alpha value is -5.98. The van der Waals surface area contributed by atoms with Gasteiger partial charge in [0.05, 0.1) is 20.2 Å². The van der Waals surface area contributed by atoms with Gasteiger partial charge in [-0.3, -0.25) is 14.6 Å². The molecular weight excluding hydrogens is 973 g/mol. The van der Waals surface area contributed by atoms with E-state index in [9.17, 15) is 34.5 Å². The van der Waals surface area contributed by atoms with Gasteiger partial charge >= 0.3 is 23.9 Å². The number of esters is 4. The number of benzene rings is 3. The van der Waals surface area contributed by atoms with Crippen molar-refractivity contribution in [2.75, 3.05) is 66.2 Å². The summed E-state index contributed by atoms with van der Waals surface area (Å²) in [6, 6.07) is 27.4. The summed E-state index contributed by atoms with van der Waals surface area (Å²) in [7, 11) is 1.33. The molecule has 3 atom stereocenters. The Morgan fingerprint density at radius 2 is 0.779 bits per heavy atom. The molecule has 3 aliphatic rings. The average Bonchev–Trinajstić information content (AvgIpc) is 3.50. The molecule has 77 heavy (non-hydrogen) atoms. The maximum absolute atomic E-state index is 12.8. The second kappa shape index (κ2) is 36.2. The SMILES string of the molecule is C#CCOC(=O)C(O)(c1ccccc1)C1CCCCC1.CCN(CC)CC#CCOC(=O)C(O)(c1ccccc1)C1CCCCC1.CCN(CC)CC#CCOC(C)=O.COC(=O)C(O)(c1ccccc1)C1CCCCC1. The highest BCUT2D eigenvalue weighted by atomic mass is 16.6. The van der Waals surface area contributed by atoms with E-state index in [4.69, 9.17) is 20.6 Å². The molecule has 420 valence electrons. The van der Waals surface area contributed by atoms with Gasteiger partial charge in [-0.15, -0.1) is 6.42 Å². The van der Waals surface area contributed by atoms with Crippen LogP contribution in [0.2, 0.25) is 0 Å². The zero-order chi connectivity index (χ0) is 56.4. The van der Waals surface area contributed by atoms with Crippen molar-refractivity contribution in [2.45, 2.75) is 148 Å². The van der Waals surface area contributed by atoms with Crippen molar-refractivity contribution >= 4 is 23.9 Å². The molecule has 3 aromatic carbocycles. The molecule has 0 aromatic heterocycles. The van der Waals surface area contributed by atoms with Crippen LogP contribution < -0.4 is 0 Å². The fourth-order valence-corrected chi connectivity index (χ4v) is 10.3. The van der Waals surface area contributed by atoms with Crippen molar-refractivity contribution < 1.29 is 53.4 Å². The van der Waals surface area contributed by atoms with Crippen molar-refractivity contribution in [1.29, 1.82) is 0 Å². The molecule has 13 nitrogen and oxygen atoms in total. The van der Waals surface area contributed by atoms with Gasteiger partial charge in [0.25, 0.3) is 0 Å². The van der Waals surface area contributed by atoms with Crippen LogP contribution in [0.5, 0.6) is 0 Å². The Labute approximate surface area is 460 Å². The third-order valence-electron chi connectivity index (χ3n) is 14.9. The van der Waals surface area contributed by atoms with Crippen LogP contribution in [0.4, 0.5) is 0 Å². The summed E-state index contributed by atoms with van der Waals surface area (Å²) in [6.45, 7) is 15.2. The van der Waals surface area contributed by atoms with Crippen LogP contribution in [0.1, 0.15) is 148 Å². The monoisotopic (exact) mass is 1060 g/mol. The van der Waals surface area contributed by atoms with E-state index in [2.05, 4.69) is 71.8 Å². The molecule has 3 saturated carbocycles. The van der Waals surface area contributed by atoms with Crippen LogP contribution in [0, 0.1) is 53.8 Å². The molecule has 0 amide bonds. The van der Waals surface area contributed by atoms with Crippen LogP contribution in [-0.2, 0) is 54.9 Å². The van der Waals surface area contributed by atoms with Crippen LogP contribution in [0.3, 0.4) is 0 Å². The van der Waals surface area contributed by atoms with Crippen LogP contribution in [-0.4, -0.2) is 115 Å². The maximum atomic E-state index is 12.8. The third kappa shape index (κ3) is 20.4. The van der Waals surface area contributed by atoms with E-state index in [1.54, 1.807) is 24.3 Å². The number of nitrogens with zero attached hydrogens (tertiary/aromatic N) is 2. The average molecular weight is 1060 g/mol. The number of carbonyl (C=O) groups is 4. The molecule has 3 aliphatic carbocycles. The molecule has 3 aromatic rings. The Bertz CT molecular complexity index is 2330. The second-order valence-electron chi connectivity index (χ2n) is 19.7. The van der Waals surface area contributed by atoms with Gasteiger partial charge in [0.15, 0.2) is 36.6 Å². The van der Waals surface area contributed by atoms with Gasteiger partial charge in [-0.1, -0.05) is 206 Å². The third-order valence-corrected chi connectivity index (χ3v) is 14.9. The van der Waals surface area contributed by atoms with Crippen molar-refractivity contribution in [1.82, 2.24) is 9.80 Å². The van der Waals surface area contributed by atoms with Gasteiger partial charge in [-0.05, 0) is 81.4 Å². The summed E-state index contributed by atoms with van der Waals surface area (Å²) >= 11 is 0. The van der Waals surface area contributed by atoms with E-state index in [1.807, 2.05) is 66.7 Å². The van der Waals surface area contributed by atoms with Crippen molar-refractivity contribution in [3.8, 4) is 36.0 Å². The predicted octanol–water partition coefficient (Wildman–Crippen LogP) is 9.50. The number of rotatable bonds is 18. The number of hydrogen-bond acceptors (Lipinski definition) is 13. The number of carbonyl (C=O) groups excluding carboxylic acids is 4. The van der Waals surface area contributed by atoms with E-state index < -0.39 is 34.7 Å². The molecule has 0 spiro atoms. The number of methoxy groups -OCH3 is 1. The molecule has 3 fully saturated rings. The fraction of sp³-hybridized carbons (Fsp3) is 0.562. The summed E-state index contributed by atoms with van der Waals surface area (Å²) in [6.07, 6.45) is 20.0. The standard InChI is InChI=1S/C22H31NO3.C17H20O3.C15H20O3.C10H17NO2/c1-3-23(4-2)17-11-12-18-26-21(24)22(25,19-13-7-5-8-14-19)20-15-9-6-10-16-20;1-2-13-20-16(18)17(19,14-9-5-3-6-10-14)15-11-7-4-8-12-15;1-18-14(16)15(17,12-8-4-2-5-9-12)13-10-6-3-7-11-13;1-4-11(5-2)8-6-7-9-13-10(3)12/h5,7-8,13-14,20,25H,3-4,6,9-10,15-18H2,1-2H3;1,3,5-6,9-10,15,19H,4,7-8,11-13H2;2,4-5,8-9,13,17H,3,6-7,10-11H2,1H3;4-5,8-9H2,1-3H3. The lowest BCUT2D eigenvalue weighted by Crippen LogP contribution is -2.45. The van der Waals surface area contributed by atoms with Gasteiger partial charge in [0, 0.05) is 24.7 Å². The molecule has 0 aliphatic heterocycles. The molecule has 0 radical (unpaired) electrons. The summed E-state index contributed by atoms with van der Waals surface area (Å²) in [5.74, 6) is 11.6.